The molecule has 6 nitrogen and oxygen atoms in total. The summed E-state index contributed by atoms with van der Waals surface area (Å²) in [6, 6.07) is 16.2. The van der Waals surface area contributed by atoms with Crippen molar-refractivity contribution < 1.29 is 14.3 Å². The van der Waals surface area contributed by atoms with Crippen molar-refractivity contribution in [1.82, 2.24) is 9.38 Å². The average Bonchev–Trinajstić information content (AvgIpc) is 3.17. The number of rotatable bonds is 3. The molecule has 0 unspecified atom stereocenters. The second-order valence-corrected chi connectivity index (χ2v) is 7.07. The number of pyridine rings is 1. The molecule has 1 aliphatic rings. The van der Waals surface area contributed by atoms with Crippen molar-refractivity contribution in [3.63, 3.8) is 0 Å². The maximum atomic E-state index is 12.4. The van der Waals surface area contributed by atoms with Gasteiger partial charge in [0, 0.05) is 28.5 Å². The number of nitrogens with zero attached hydrogens (tertiary/aromatic N) is 2. The second-order valence-electron chi connectivity index (χ2n) is 6.63. The number of anilines is 1. The number of aromatic nitrogens is 2. The number of fused-ring (bicyclic) bond motifs is 2. The van der Waals surface area contributed by atoms with Crippen molar-refractivity contribution >= 4 is 28.8 Å². The molecular weight excluding hydrogens is 390 g/mol. The molecule has 4 aromatic rings. The Labute approximate surface area is 171 Å². The highest BCUT2D eigenvalue weighted by atomic mass is 35.5. The van der Waals surface area contributed by atoms with Crippen LogP contribution >= 0.6 is 11.6 Å². The second kappa shape index (κ2) is 7.14. The van der Waals surface area contributed by atoms with Crippen LogP contribution in [-0.4, -0.2) is 28.5 Å². The molecule has 2 aromatic carbocycles. The summed E-state index contributed by atoms with van der Waals surface area (Å²) >= 11 is 5.88. The monoisotopic (exact) mass is 405 g/mol. The third kappa shape index (κ3) is 3.50. The first kappa shape index (κ1) is 17.6. The van der Waals surface area contributed by atoms with Gasteiger partial charge in [0.2, 0.25) is 0 Å². The lowest BCUT2D eigenvalue weighted by atomic mass is 10.1. The molecule has 0 atom stereocenters. The summed E-state index contributed by atoms with van der Waals surface area (Å²) in [6.45, 7) is 1.10. The van der Waals surface area contributed by atoms with E-state index in [9.17, 15) is 4.79 Å². The number of halogens is 1. The summed E-state index contributed by atoms with van der Waals surface area (Å²) in [7, 11) is 0. The van der Waals surface area contributed by atoms with E-state index in [2.05, 4.69) is 10.3 Å². The smallest absolute Gasteiger partial charge is 0.255 e. The van der Waals surface area contributed by atoms with E-state index in [1.165, 1.54) is 0 Å². The van der Waals surface area contributed by atoms with Gasteiger partial charge < -0.3 is 19.2 Å². The van der Waals surface area contributed by atoms with Gasteiger partial charge in [0.1, 0.15) is 18.9 Å². The van der Waals surface area contributed by atoms with Crippen LogP contribution in [0.15, 0.2) is 67.0 Å². The molecule has 144 valence electrons. The van der Waals surface area contributed by atoms with E-state index >= 15 is 0 Å². The lowest BCUT2D eigenvalue weighted by Gasteiger charge is -2.18. The van der Waals surface area contributed by atoms with Crippen LogP contribution in [0.5, 0.6) is 11.5 Å². The van der Waals surface area contributed by atoms with Gasteiger partial charge in [-0.1, -0.05) is 11.6 Å². The molecule has 0 aliphatic carbocycles. The topological polar surface area (TPSA) is 64.9 Å². The van der Waals surface area contributed by atoms with E-state index in [1.807, 2.05) is 47.1 Å². The fourth-order valence-electron chi connectivity index (χ4n) is 3.21. The predicted molar refractivity (Wildman–Crippen MR) is 111 cm³/mol. The Hall–Kier alpha value is -3.51. The third-order valence-corrected chi connectivity index (χ3v) is 4.91. The lowest BCUT2D eigenvalue weighted by Crippen LogP contribution is -2.15. The molecule has 5 rings (SSSR count). The number of imidazole rings is 1. The SMILES string of the molecule is O=C(Nc1ccc2nc(-c3ccc4c(c3)OCCO4)cn2c1)c1ccc(Cl)cc1. The Morgan fingerprint density at radius 3 is 2.59 bits per heavy atom. The van der Waals surface area contributed by atoms with E-state index in [0.717, 1.165) is 28.4 Å². The van der Waals surface area contributed by atoms with Crippen LogP contribution in [0, 0.1) is 0 Å². The van der Waals surface area contributed by atoms with Gasteiger partial charge in [-0.25, -0.2) is 4.98 Å². The Balaban J connectivity index is 1.41. The normalized spacial score (nSPS) is 12.7. The molecule has 3 heterocycles. The third-order valence-electron chi connectivity index (χ3n) is 4.65. The van der Waals surface area contributed by atoms with Crippen molar-refractivity contribution in [3.05, 3.63) is 77.6 Å². The lowest BCUT2D eigenvalue weighted by molar-refractivity contribution is 0.102. The molecule has 2 aromatic heterocycles. The molecule has 0 spiro atoms. The van der Waals surface area contributed by atoms with Crippen LogP contribution in [0.3, 0.4) is 0 Å². The molecule has 1 aliphatic heterocycles. The maximum absolute atomic E-state index is 12.4. The van der Waals surface area contributed by atoms with Crippen LogP contribution in [0.2, 0.25) is 5.02 Å². The van der Waals surface area contributed by atoms with Crippen molar-refractivity contribution in [2.45, 2.75) is 0 Å². The van der Waals surface area contributed by atoms with Gasteiger partial charge in [-0.2, -0.15) is 0 Å². The first-order chi connectivity index (χ1) is 14.2. The zero-order chi connectivity index (χ0) is 19.8. The van der Waals surface area contributed by atoms with E-state index in [4.69, 9.17) is 21.1 Å². The highest BCUT2D eigenvalue weighted by Crippen LogP contribution is 2.34. The molecule has 0 fully saturated rings. The van der Waals surface area contributed by atoms with Gasteiger partial charge in [0.05, 0.1) is 11.4 Å². The molecule has 0 bridgehead atoms. The predicted octanol–water partition coefficient (Wildman–Crippen LogP) is 4.68. The van der Waals surface area contributed by atoms with Gasteiger partial charge in [-0.3, -0.25) is 4.79 Å². The summed E-state index contributed by atoms with van der Waals surface area (Å²) in [6.07, 6.45) is 3.75. The summed E-state index contributed by atoms with van der Waals surface area (Å²) in [5.41, 5.74) is 3.73. The average molecular weight is 406 g/mol. The van der Waals surface area contributed by atoms with Crippen molar-refractivity contribution in [2.24, 2.45) is 0 Å². The Morgan fingerprint density at radius 2 is 1.76 bits per heavy atom. The van der Waals surface area contributed by atoms with Crippen molar-refractivity contribution in [2.75, 3.05) is 18.5 Å². The molecule has 1 amide bonds. The quantitative estimate of drug-likeness (QED) is 0.537. The van der Waals surface area contributed by atoms with Crippen molar-refractivity contribution in [1.29, 1.82) is 0 Å². The molecule has 0 saturated carbocycles. The molecule has 7 heteroatoms. The molecular formula is C22H16ClN3O3. The first-order valence-corrected chi connectivity index (χ1v) is 9.49. The molecule has 1 N–H and O–H groups in total. The number of carbonyl (C=O) groups is 1. The summed E-state index contributed by atoms with van der Waals surface area (Å²) in [4.78, 5) is 17.1. The Kier molecular flexibility index (Phi) is 4.33. The zero-order valence-electron chi connectivity index (χ0n) is 15.3. The molecule has 0 saturated heterocycles. The number of nitrogens with one attached hydrogen (secondary N) is 1. The van der Waals surface area contributed by atoms with Crippen LogP contribution in [0.25, 0.3) is 16.9 Å². The highest BCUT2D eigenvalue weighted by Gasteiger charge is 2.14. The minimum atomic E-state index is -0.201. The number of hydrogen-bond acceptors (Lipinski definition) is 4. The van der Waals surface area contributed by atoms with Crippen molar-refractivity contribution in [3.8, 4) is 22.8 Å². The van der Waals surface area contributed by atoms with Crippen LogP contribution in [0.4, 0.5) is 5.69 Å². The van der Waals surface area contributed by atoms with E-state index in [0.29, 0.717) is 29.5 Å². The number of hydrogen-bond donors (Lipinski definition) is 1. The zero-order valence-corrected chi connectivity index (χ0v) is 16.0. The highest BCUT2D eigenvalue weighted by molar-refractivity contribution is 6.30. The standard InChI is InChI=1S/C22H16ClN3O3/c23-16-4-1-14(2-5-16)22(27)24-17-6-8-21-25-18(13-26(21)12-17)15-3-7-19-20(11-15)29-10-9-28-19/h1-8,11-13H,9-10H2,(H,24,27). The number of amides is 1. The first-order valence-electron chi connectivity index (χ1n) is 9.11. The van der Waals surface area contributed by atoms with E-state index < -0.39 is 0 Å². The maximum Gasteiger partial charge on any atom is 0.255 e. The Morgan fingerprint density at radius 1 is 0.966 bits per heavy atom. The number of ether oxygens (including phenoxy) is 2. The largest absolute Gasteiger partial charge is 0.486 e. The fraction of sp³-hybridized carbons (Fsp3) is 0.0909. The summed E-state index contributed by atoms with van der Waals surface area (Å²) < 4.78 is 13.1. The van der Waals surface area contributed by atoms with Gasteiger partial charge in [-0.15, -0.1) is 0 Å². The molecule has 0 radical (unpaired) electrons. The fourth-order valence-corrected chi connectivity index (χ4v) is 3.34. The Bertz CT molecular complexity index is 1220. The van der Waals surface area contributed by atoms with E-state index in [1.54, 1.807) is 24.3 Å². The van der Waals surface area contributed by atoms with Gasteiger partial charge in [-0.05, 0) is 54.6 Å². The van der Waals surface area contributed by atoms with Crippen LogP contribution < -0.4 is 14.8 Å². The molecule has 29 heavy (non-hydrogen) atoms. The van der Waals surface area contributed by atoms with Crippen LogP contribution in [-0.2, 0) is 0 Å². The number of carbonyl (C=O) groups excluding carboxylic acids is 1. The van der Waals surface area contributed by atoms with Crippen LogP contribution in [0.1, 0.15) is 10.4 Å². The van der Waals surface area contributed by atoms with E-state index in [-0.39, 0.29) is 5.91 Å². The van der Waals surface area contributed by atoms with Gasteiger partial charge >= 0.3 is 0 Å². The number of benzene rings is 2. The summed E-state index contributed by atoms with van der Waals surface area (Å²) in [5, 5.41) is 3.48. The van der Waals surface area contributed by atoms with Gasteiger partial charge in [0.15, 0.2) is 11.5 Å². The minimum Gasteiger partial charge on any atom is -0.486 e. The van der Waals surface area contributed by atoms with Gasteiger partial charge in [0.25, 0.3) is 5.91 Å². The minimum absolute atomic E-state index is 0.201. The summed E-state index contributed by atoms with van der Waals surface area (Å²) in [5.74, 6) is 1.27.